The van der Waals surface area contributed by atoms with Gasteiger partial charge in [-0.1, -0.05) is 60.3 Å². The van der Waals surface area contributed by atoms with Crippen LogP contribution in [0.15, 0.2) is 101 Å². The van der Waals surface area contributed by atoms with Crippen LogP contribution in [0.3, 0.4) is 0 Å². The Morgan fingerprint density at radius 3 is 2.28 bits per heavy atom. The van der Waals surface area contributed by atoms with Crippen molar-refractivity contribution >= 4 is 11.8 Å². The zero-order valence-corrected chi connectivity index (χ0v) is 18.2. The third-order valence-electron chi connectivity index (χ3n) is 4.95. The Balaban J connectivity index is 1.39. The number of nitrogens with zero attached hydrogens (tertiary/aromatic N) is 4. The predicted octanol–water partition coefficient (Wildman–Crippen LogP) is 5.89. The minimum atomic E-state index is 0.485. The molecule has 7 heteroatoms. The van der Waals surface area contributed by atoms with Crippen LogP contribution in [0.5, 0.6) is 5.75 Å². The van der Waals surface area contributed by atoms with Crippen LogP contribution in [0.4, 0.5) is 0 Å². The van der Waals surface area contributed by atoms with Gasteiger partial charge >= 0.3 is 0 Å². The van der Waals surface area contributed by atoms with Gasteiger partial charge in [-0.25, -0.2) is 4.68 Å². The van der Waals surface area contributed by atoms with Gasteiger partial charge in [0.05, 0.1) is 18.5 Å². The van der Waals surface area contributed by atoms with Gasteiger partial charge in [0, 0.05) is 28.6 Å². The lowest BCUT2D eigenvalue weighted by atomic mass is 10.1. The van der Waals surface area contributed by atoms with Crippen molar-refractivity contribution in [3.05, 3.63) is 96.7 Å². The molecule has 0 fully saturated rings. The highest BCUT2D eigenvalue weighted by molar-refractivity contribution is 7.98. The Labute approximate surface area is 189 Å². The Morgan fingerprint density at radius 2 is 1.56 bits per heavy atom. The Morgan fingerprint density at radius 1 is 0.844 bits per heavy atom. The highest BCUT2D eigenvalue weighted by Gasteiger charge is 2.15. The summed E-state index contributed by atoms with van der Waals surface area (Å²) in [6, 6.07) is 27.8. The molecule has 0 amide bonds. The van der Waals surface area contributed by atoms with Gasteiger partial charge in [-0.2, -0.15) is 5.10 Å². The molecule has 32 heavy (non-hydrogen) atoms. The van der Waals surface area contributed by atoms with Crippen LogP contribution in [0.1, 0.15) is 5.56 Å². The summed E-state index contributed by atoms with van der Waals surface area (Å²) in [6.07, 6.45) is 2.06. The van der Waals surface area contributed by atoms with Crippen LogP contribution in [0.25, 0.3) is 28.4 Å². The average Bonchev–Trinajstić information content (AvgIpc) is 3.51. The van der Waals surface area contributed by atoms with Gasteiger partial charge in [-0.15, -0.1) is 10.2 Å². The molecule has 6 nitrogen and oxygen atoms in total. The zero-order chi connectivity index (χ0) is 21.8. The zero-order valence-electron chi connectivity index (χ0n) is 17.4. The van der Waals surface area contributed by atoms with E-state index in [1.807, 2.05) is 77.5 Å². The van der Waals surface area contributed by atoms with Crippen LogP contribution in [-0.2, 0) is 5.75 Å². The van der Waals surface area contributed by atoms with Crippen molar-refractivity contribution in [3.8, 4) is 34.1 Å². The summed E-state index contributed by atoms with van der Waals surface area (Å²) in [5.74, 6) is 1.92. The number of para-hydroxylation sites is 1. The number of ether oxygens (including phenoxy) is 1. The normalized spacial score (nSPS) is 10.9. The highest BCUT2D eigenvalue weighted by Crippen LogP contribution is 2.31. The maximum absolute atomic E-state index is 5.87. The fourth-order valence-corrected chi connectivity index (χ4v) is 4.05. The molecule has 2 aromatic heterocycles. The van der Waals surface area contributed by atoms with Crippen molar-refractivity contribution in [1.82, 2.24) is 20.0 Å². The fraction of sp³-hybridized carbons (Fsp3) is 0.0800. The van der Waals surface area contributed by atoms with E-state index in [4.69, 9.17) is 14.3 Å². The molecule has 0 aliphatic carbocycles. The number of benzene rings is 3. The van der Waals surface area contributed by atoms with E-state index in [2.05, 4.69) is 28.5 Å². The van der Waals surface area contributed by atoms with Gasteiger partial charge in [0.25, 0.3) is 5.22 Å². The first-order valence-electron chi connectivity index (χ1n) is 10.1. The number of hydrogen-bond donors (Lipinski definition) is 0. The minimum Gasteiger partial charge on any atom is -0.497 e. The van der Waals surface area contributed by atoms with E-state index in [1.165, 1.54) is 11.8 Å². The largest absolute Gasteiger partial charge is 0.497 e. The van der Waals surface area contributed by atoms with E-state index >= 15 is 0 Å². The summed E-state index contributed by atoms with van der Waals surface area (Å²) >= 11 is 1.50. The lowest BCUT2D eigenvalue weighted by Gasteiger charge is -2.01. The second-order valence-electron chi connectivity index (χ2n) is 7.04. The topological polar surface area (TPSA) is 66.0 Å². The molecule has 0 unspecified atom stereocenters. The molecule has 0 aliphatic rings. The first-order valence-corrected chi connectivity index (χ1v) is 11.1. The van der Waals surface area contributed by atoms with E-state index in [0.29, 0.717) is 16.9 Å². The fourth-order valence-electron chi connectivity index (χ4n) is 3.33. The molecule has 5 rings (SSSR count). The van der Waals surface area contributed by atoms with Crippen LogP contribution >= 0.6 is 11.8 Å². The maximum atomic E-state index is 5.87. The quantitative estimate of drug-likeness (QED) is 0.294. The highest BCUT2D eigenvalue weighted by atomic mass is 32.2. The van der Waals surface area contributed by atoms with Gasteiger partial charge in [0.1, 0.15) is 5.75 Å². The molecule has 0 radical (unpaired) electrons. The van der Waals surface area contributed by atoms with Gasteiger partial charge in [-0.3, -0.25) is 0 Å². The summed E-state index contributed by atoms with van der Waals surface area (Å²) in [5.41, 5.74) is 4.97. The molecule has 3 aromatic carbocycles. The van der Waals surface area contributed by atoms with Crippen molar-refractivity contribution in [3.63, 3.8) is 0 Å². The van der Waals surface area contributed by atoms with E-state index in [-0.39, 0.29) is 0 Å². The number of hydrogen-bond acceptors (Lipinski definition) is 6. The molecule has 0 atom stereocenters. The van der Waals surface area contributed by atoms with Gasteiger partial charge in [-0.05, 0) is 36.4 Å². The molecule has 0 spiro atoms. The van der Waals surface area contributed by atoms with Gasteiger partial charge in [0.2, 0.25) is 5.89 Å². The predicted molar refractivity (Wildman–Crippen MR) is 125 cm³/mol. The number of thioether (sulfide) groups is 1. The first kappa shape index (κ1) is 20.1. The van der Waals surface area contributed by atoms with Gasteiger partial charge < -0.3 is 9.15 Å². The minimum absolute atomic E-state index is 0.485. The van der Waals surface area contributed by atoms with E-state index in [0.717, 1.165) is 33.8 Å². The third kappa shape index (κ3) is 4.29. The van der Waals surface area contributed by atoms with E-state index in [1.54, 1.807) is 7.11 Å². The molecular weight excluding hydrogens is 420 g/mol. The Kier molecular flexibility index (Phi) is 5.72. The molecule has 158 valence electrons. The standard InChI is InChI=1S/C25H20N4O2S/c1-30-22-14-12-19(13-15-22)24-26-27-25(31-24)32-17-20-16-29(21-10-6-3-7-11-21)28-23(20)18-8-4-2-5-9-18/h2-16H,17H2,1H3. The number of aromatic nitrogens is 4. The third-order valence-corrected chi connectivity index (χ3v) is 5.82. The molecule has 0 N–H and O–H groups in total. The monoisotopic (exact) mass is 440 g/mol. The first-order chi connectivity index (χ1) is 15.8. The Hall–Kier alpha value is -3.84. The van der Waals surface area contributed by atoms with Gasteiger partial charge in [0.15, 0.2) is 0 Å². The Bertz CT molecular complexity index is 1300. The SMILES string of the molecule is COc1ccc(-c2nnc(SCc3cn(-c4ccccc4)nc3-c3ccccc3)o2)cc1. The second kappa shape index (κ2) is 9.11. The van der Waals surface area contributed by atoms with Crippen molar-refractivity contribution in [2.24, 2.45) is 0 Å². The number of methoxy groups -OCH3 is 1. The van der Waals surface area contributed by atoms with Crippen LogP contribution in [0, 0.1) is 0 Å². The molecule has 0 aliphatic heterocycles. The molecule has 0 bridgehead atoms. The average molecular weight is 441 g/mol. The summed E-state index contributed by atoms with van der Waals surface area (Å²) in [6.45, 7) is 0. The summed E-state index contributed by atoms with van der Waals surface area (Å²) < 4.78 is 13.0. The molecule has 0 saturated heterocycles. The molecule has 5 aromatic rings. The molecular formula is C25H20N4O2S. The van der Waals surface area contributed by atoms with Crippen molar-refractivity contribution < 1.29 is 9.15 Å². The summed E-state index contributed by atoms with van der Waals surface area (Å²) in [4.78, 5) is 0. The van der Waals surface area contributed by atoms with Crippen LogP contribution < -0.4 is 4.74 Å². The lowest BCUT2D eigenvalue weighted by Crippen LogP contribution is -1.93. The molecule has 0 saturated carbocycles. The molecule has 2 heterocycles. The van der Waals surface area contributed by atoms with Crippen molar-refractivity contribution in [1.29, 1.82) is 0 Å². The summed E-state index contributed by atoms with van der Waals surface area (Å²) in [5, 5.41) is 13.8. The lowest BCUT2D eigenvalue weighted by molar-refractivity contribution is 0.414. The van der Waals surface area contributed by atoms with Crippen molar-refractivity contribution in [2.45, 2.75) is 11.0 Å². The van der Waals surface area contributed by atoms with Crippen LogP contribution in [0.2, 0.25) is 0 Å². The van der Waals surface area contributed by atoms with E-state index in [9.17, 15) is 0 Å². The maximum Gasteiger partial charge on any atom is 0.277 e. The van der Waals surface area contributed by atoms with E-state index < -0.39 is 0 Å². The smallest absolute Gasteiger partial charge is 0.277 e. The second-order valence-corrected chi connectivity index (χ2v) is 7.97. The number of rotatable bonds is 7. The van der Waals surface area contributed by atoms with Crippen LogP contribution in [-0.4, -0.2) is 27.1 Å². The van der Waals surface area contributed by atoms with Crippen molar-refractivity contribution in [2.75, 3.05) is 7.11 Å². The summed E-state index contributed by atoms with van der Waals surface area (Å²) in [7, 11) is 1.64.